The van der Waals surface area contributed by atoms with Gasteiger partial charge in [-0.2, -0.15) is 0 Å². The molecule has 0 saturated heterocycles. The van der Waals surface area contributed by atoms with E-state index < -0.39 is 7.26 Å². The van der Waals surface area contributed by atoms with E-state index in [1.54, 1.807) is 6.26 Å². The van der Waals surface area contributed by atoms with Gasteiger partial charge in [-0.15, -0.1) is 0 Å². The largest absolute Gasteiger partial charge is 0.434 e. The van der Waals surface area contributed by atoms with Crippen molar-refractivity contribution in [3.63, 3.8) is 0 Å². The summed E-state index contributed by atoms with van der Waals surface area (Å²) in [7, 11) is -2.02. The fraction of sp³-hybridized carbons (Fsp3) is 0. The molecule has 0 radical (unpaired) electrons. The highest BCUT2D eigenvalue weighted by atomic mass is 31.2. The fourth-order valence-electron chi connectivity index (χ4n) is 3.24. The van der Waals surface area contributed by atoms with Crippen molar-refractivity contribution >= 4 is 28.7 Å². The summed E-state index contributed by atoms with van der Waals surface area (Å²) >= 11 is 0. The van der Waals surface area contributed by atoms with Gasteiger partial charge in [-0.05, 0) is 42.5 Å². The molecule has 0 aliphatic rings. The Bertz CT molecular complexity index is 788. The van der Waals surface area contributed by atoms with Gasteiger partial charge in [0.05, 0.1) is 6.26 Å². The number of hydrogen-bond acceptors (Lipinski definition) is 1. The van der Waals surface area contributed by atoms with Gasteiger partial charge < -0.3 is 4.42 Å². The van der Waals surface area contributed by atoms with Gasteiger partial charge in [-0.3, -0.25) is 0 Å². The van der Waals surface area contributed by atoms with Crippen LogP contribution in [0.25, 0.3) is 0 Å². The van der Waals surface area contributed by atoms with Gasteiger partial charge in [0, 0.05) is 6.07 Å². The molecular formula is C22H18OP+. The molecule has 1 heterocycles. The average molecular weight is 329 g/mol. The minimum absolute atomic E-state index is 1.03. The molecule has 0 bridgehead atoms. The van der Waals surface area contributed by atoms with E-state index in [2.05, 4.69) is 97.1 Å². The van der Waals surface area contributed by atoms with E-state index in [9.17, 15) is 0 Å². The van der Waals surface area contributed by atoms with Gasteiger partial charge in [0.1, 0.15) is 15.9 Å². The van der Waals surface area contributed by atoms with E-state index in [1.807, 2.05) is 6.07 Å². The maximum Gasteiger partial charge on any atom is 0.261 e. The zero-order valence-corrected chi connectivity index (χ0v) is 14.1. The summed E-state index contributed by atoms with van der Waals surface area (Å²) < 4.78 is 6.01. The molecule has 2 heteroatoms. The average Bonchev–Trinajstić information content (AvgIpc) is 3.20. The highest BCUT2D eigenvalue weighted by Gasteiger charge is 2.50. The summed E-state index contributed by atoms with van der Waals surface area (Å²) in [4.78, 5) is 0. The summed E-state index contributed by atoms with van der Waals surface area (Å²) in [6, 6.07) is 36.3. The van der Waals surface area contributed by atoms with Crippen molar-refractivity contribution in [3.05, 3.63) is 109 Å². The smallest absolute Gasteiger partial charge is 0.261 e. The predicted molar refractivity (Wildman–Crippen MR) is 103 cm³/mol. The van der Waals surface area contributed by atoms with Gasteiger partial charge >= 0.3 is 0 Å². The summed E-state index contributed by atoms with van der Waals surface area (Å²) in [5.74, 6) is 0. The molecule has 0 unspecified atom stereocenters. The van der Waals surface area contributed by atoms with Gasteiger partial charge in [0.25, 0.3) is 5.50 Å². The lowest BCUT2D eigenvalue weighted by molar-refractivity contribution is 0.602. The maximum atomic E-state index is 6.01. The van der Waals surface area contributed by atoms with Crippen molar-refractivity contribution in [2.75, 3.05) is 0 Å². The Morgan fingerprint density at radius 2 is 0.875 bits per heavy atom. The Morgan fingerprint density at radius 1 is 0.458 bits per heavy atom. The van der Waals surface area contributed by atoms with Crippen molar-refractivity contribution in [1.29, 1.82) is 0 Å². The molecular weight excluding hydrogens is 311 g/mol. The molecule has 24 heavy (non-hydrogen) atoms. The molecule has 0 N–H and O–H groups in total. The third kappa shape index (κ3) is 2.38. The second-order valence-electron chi connectivity index (χ2n) is 5.63. The molecule has 3 aromatic carbocycles. The van der Waals surface area contributed by atoms with Crippen LogP contribution in [0.5, 0.6) is 0 Å². The molecule has 0 spiro atoms. The topological polar surface area (TPSA) is 13.1 Å². The molecule has 4 aromatic rings. The molecule has 116 valence electrons. The predicted octanol–water partition coefficient (Wildman–Crippen LogP) is 3.90. The first-order chi connectivity index (χ1) is 11.9. The Morgan fingerprint density at radius 3 is 1.21 bits per heavy atom. The molecule has 0 aliphatic heterocycles. The van der Waals surface area contributed by atoms with Crippen LogP contribution < -0.4 is 21.4 Å². The summed E-state index contributed by atoms with van der Waals surface area (Å²) in [5.41, 5.74) is 1.03. The van der Waals surface area contributed by atoms with Crippen molar-refractivity contribution in [2.24, 2.45) is 0 Å². The monoisotopic (exact) mass is 329 g/mol. The first-order valence-electron chi connectivity index (χ1n) is 8.02. The lowest BCUT2D eigenvalue weighted by Crippen LogP contribution is -2.38. The normalized spacial score (nSPS) is 11.3. The molecule has 0 amide bonds. The molecule has 0 fully saturated rings. The van der Waals surface area contributed by atoms with E-state index in [1.165, 1.54) is 15.9 Å². The zero-order valence-electron chi connectivity index (χ0n) is 13.2. The zero-order chi connectivity index (χ0) is 16.2. The van der Waals surface area contributed by atoms with Gasteiger partial charge in [-0.25, -0.2) is 0 Å². The summed E-state index contributed by atoms with van der Waals surface area (Å²) in [5, 5.41) is 3.91. The maximum absolute atomic E-state index is 6.01. The lowest BCUT2D eigenvalue weighted by atomic mass is 10.4. The first-order valence-corrected chi connectivity index (χ1v) is 9.81. The van der Waals surface area contributed by atoms with Crippen LogP contribution in [0.1, 0.15) is 0 Å². The second kappa shape index (κ2) is 6.47. The number of rotatable bonds is 4. The van der Waals surface area contributed by atoms with Crippen molar-refractivity contribution < 1.29 is 4.42 Å². The van der Waals surface area contributed by atoms with E-state index in [0.717, 1.165) is 5.50 Å². The molecule has 1 aromatic heterocycles. The Balaban J connectivity index is 2.12. The number of hydrogen-bond donors (Lipinski definition) is 0. The lowest BCUT2D eigenvalue weighted by Gasteiger charge is -2.24. The molecule has 0 saturated carbocycles. The van der Waals surface area contributed by atoms with E-state index in [4.69, 9.17) is 4.42 Å². The minimum atomic E-state index is -2.02. The van der Waals surface area contributed by atoms with Crippen LogP contribution in [0, 0.1) is 0 Å². The molecule has 0 aliphatic carbocycles. The van der Waals surface area contributed by atoms with Crippen molar-refractivity contribution in [3.8, 4) is 0 Å². The second-order valence-corrected chi connectivity index (χ2v) is 8.96. The summed E-state index contributed by atoms with van der Waals surface area (Å²) in [6.07, 6.45) is 1.78. The molecule has 4 rings (SSSR count). The van der Waals surface area contributed by atoms with Crippen LogP contribution in [-0.2, 0) is 0 Å². The van der Waals surface area contributed by atoms with Crippen molar-refractivity contribution in [1.82, 2.24) is 0 Å². The third-order valence-electron chi connectivity index (χ3n) is 4.27. The Kier molecular flexibility index (Phi) is 4.02. The quantitative estimate of drug-likeness (QED) is 0.518. The Labute approximate surface area is 142 Å². The van der Waals surface area contributed by atoms with E-state index in [-0.39, 0.29) is 0 Å². The standard InChI is InChI=1S/C22H18OP/c1-4-11-19(12-5-1)24(22-17-10-18-23-22,20-13-6-2-7-14-20)21-15-8-3-9-16-21/h1-18H/q+1. The van der Waals surface area contributed by atoms with E-state index >= 15 is 0 Å². The van der Waals surface area contributed by atoms with E-state index in [0.29, 0.717) is 0 Å². The summed E-state index contributed by atoms with van der Waals surface area (Å²) in [6.45, 7) is 0. The van der Waals surface area contributed by atoms with Gasteiger partial charge in [-0.1, -0.05) is 54.6 Å². The molecule has 1 nitrogen and oxygen atoms in total. The van der Waals surface area contributed by atoms with Crippen LogP contribution in [0.3, 0.4) is 0 Å². The van der Waals surface area contributed by atoms with Crippen LogP contribution >= 0.6 is 7.26 Å². The van der Waals surface area contributed by atoms with Gasteiger partial charge in [0.15, 0.2) is 7.26 Å². The molecule has 0 atom stereocenters. The van der Waals surface area contributed by atoms with Crippen molar-refractivity contribution in [2.45, 2.75) is 0 Å². The number of furan rings is 1. The first kappa shape index (κ1) is 14.9. The van der Waals surface area contributed by atoms with Crippen LogP contribution in [0.2, 0.25) is 0 Å². The van der Waals surface area contributed by atoms with Crippen LogP contribution in [-0.4, -0.2) is 0 Å². The minimum Gasteiger partial charge on any atom is -0.434 e. The van der Waals surface area contributed by atoms with Crippen LogP contribution in [0.4, 0.5) is 0 Å². The fourth-order valence-corrected chi connectivity index (χ4v) is 7.29. The number of benzene rings is 3. The van der Waals surface area contributed by atoms with Crippen LogP contribution in [0.15, 0.2) is 114 Å². The third-order valence-corrected chi connectivity index (χ3v) is 8.40. The highest BCUT2D eigenvalue weighted by Crippen LogP contribution is 2.54. The van der Waals surface area contributed by atoms with Gasteiger partial charge in [0.2, 0.25) is 0 Å². The SMILES string of the molecule is c1ccc([P+](c2ccccc2)(c2ccccc2)c2ccco2)cc1. The Hall–Kier alpha value is -2.63. The highest BCUT2D eigenvalue weighted by molar-refractivity contribution is 8.01.